The van der Waals surface area contributed by atoms with Gasteiger partial charge in [0, 0.05) is 16.2 Å². The molecule has 10 aromatic rings. The van der Waals surface area contributed by atoms with Crippen LogP contribution in [-0.2, 0) is 5.41 Å². The van der Waals surface area contributed by atoms with Gasteiger partial charge in [-0.1, -0.05) is 159 Å². The maximum absolute atomic E-state index is 6.26. The Kier molecular flexibility index (Phi) is 6.08. The minimum atomic E-state index is -0.124. The molecule has 0 aliphatic heterocycles. The molecule has 1 aliphatic carbocycles. The van der Waals surface area contributed by atoms with Crippen molar-refractivity contribution in [3.8, 4) is 44.5 Å². The van der Waals surface area contributed by atoms with Crippen LogP contribution in [0.5, 0.6) is 0 Å². The highest BCUT2D eigenvalue weighted by Gasteiger charge is 2.37. The molecule has 244 valence electrons. The molecule has 11 rings (SSSR count). The number of furan rings is 1. The Morgan fingerprint density at radius 3 is 1.54 bits per heavy atom. The van der Waals surface area contributed by atoms with Crippen LogP contribution in [0.1, 0.15) is 25.0 Å². The van der Waals surface area contributed by atoms with Gasteiger partial charge >= 0.3 is 0 Å². The second kappa shape index (κ2) is 10.8. The van der Waals surface area contributed by atoms with Crippen LogP contribution in [0.2, 0.25) is 0 Å². The van der Waals surface area contributed by atoms with E-state index < -0.39 is 0 Å². The van der Waals surface area contributed by atoms with Gasteiger partial charge in [0.25, 0.3) is 0 Å². The van der Waals surface area contributed by atoms with E-state index in [1.54, 1.807) is 0 Å². The van der Waals surface area contributed by atoms with E-state index in [1.807, 2.05) is 6.07 Å². The van der Waals surface area contributed by atoms with Crippen LogP contribution >= 0.6 is 0 Å². The summed E-state index contributed by atoms with van der Waals surface area (Å²) in [6.07, 6.45) is 0. The van der Waals surface area contributed by atoms with Crippen LogP contribution in [0.25, 0.3) is 98.8 Å². The summed E-state index contributed by atoms with van der Waals surface area (Å²) in [6, 6.07) is 62.3. The van der Waals surface area contributed by atoms with Crippen LogP contribution in [0.4, 0.5) is 0 Å². The minimum absolute atomic E-state index is 0.124. The van der Waals surface area contributed by atoms with Gasteiger partial charge in [-0.2, -0.15) is 0 Å². The molecule has 0 amide bonds. The molecule has 0 unspecified atom stereocenters. The summed E-state index contributed by atoms with van der Waals surface area (Å²) in [5.41, 5.74) is 14.7. The third kappa shape index (κ3) is 4.05. The SMILES string of the molecule is CC1(C)c2cc(-c3ccc(-c4c5ccccc5c(-c5ccccc5)c5ccccc45)cc3)ccc2-c2c1ccc1c2ccc2oc3ccccc3c21. The highest BCUT2D eigenvalue weighted by Crippen LogP contribution is 2.53. The normalized spacial score (nSPS) is 13.3. The Hall–Kier alpha value is -6.44. The van der Waals surface area contributed by atoms with Gasteiger partial charge in [0.1, 0.15) is 11.2 Å². The van der Waals surface area contributed by atoms with E-state index in [9.17, 15) is 0 Å². The summed E-state index contributed by atoms with van der Waals surface area (Å²) >= 11 is 0. The third-order valence-corrected chi connectivity index (χ3v) is 11.7. The molecule has 1 heterocycles. The van der Waals surface area contributed by atoms with Crippen molar-refractivity contribution in [2.45, 2.75) is 19.3 Å². The summed E-state index contributed by atoms with van der Waals surface area (Å²) in [6.45, 7) is 4.75. The lowest BCUT2D eigenvalue weighted by atomic mass is 9.81. The van der Waals surface area contributed by atoms with E-state index in [1.165, 1.54) is 98.7 Å². The Morgan fingerprint density at radius 2 is 0.865 bits per heavy atom. The topological polar surface area (TPSA) is 13.1 Å². The number of para-hydroxylation sites is 1. The van der Waals surface area contributed by atoms with Gasteiger partial charge in [-0.25, -0.2) is 0 Å². The van der Waals surface area contributed by atoms with Gasteiger partial charge < -0.3 is 4.42 Å². The molecule has 9 aromatic carbocycles. The Bertz CT molecular complexity index is 3010. The minimum Gasteiger partial charge on any atom is -0.456 e. The monoisotopic (exact) mass is 662 g/mol. The van der Waals surface area contributed by atoms with Crippen molar-refractivity contribution >= 4 is 54.3 Å². The van der Waals surface area contributed by atoms with Crippen molar-refractivity contribution in [3.63, 3.8) is 0 Å². The fourth-order valence-electron chi connectivity index (χ4n) is 9.23. The fourth-order valence-corrected chi connectivity index (χ4v) is 9.23. The van der Waals surface area contributed by atoms with Gasteiger partial charge in [0.05, 0.1) is 0 Å². The first-order chi connectivity index (χ1) is 25.6. The zero-order chi connectivity index (χ0) is 34.6. The third-order valence-electron chi connectivity index (χ3n) is 11.7. The maximum Gasteiger partial charge on any atom is 0.136 e. The van der Waals surface area contributed by atoms with E-state index in [2.05, 4.69) is 178 Å². The van der Waals surface area contributed by atoms with Crippen LogP contribution in [0, 0.1) is 0 Å². The summed E-state index contributed by atoms with van der Waals surface area (Å²) in [4.78, 5) is 0. The largest absolute Gasteiger partial charge is 0.456 e. The Balaban J connectivity index is 1.04. The molecule has 1 heteroatoms. The molecular formula is C51H34O. The first-order valence-corrected chi connectivity index (χ1v) is 18.2. The number of hydrogen-bond donors (Lipinski definition) is 0. The van der Waals surface area contributed by atoms with E-state index in [0.29, 0.717) is 0 Å². The molecule has 1 aliphatic rings. The lowest BCUT2D eigenvalue weighted by molar-refractivity contribution is 0.661. The molecule has 0 bridgehead atoms. The van der Waals surface area contributed by atoms with Crippen molar-refractivity contribution in [2.75, 3.05) is 0 Å². The van der Waals surface area contributed by atoms with Crippen LogP contribution in [-0.4, -0.2) is 0 Å². The standard InChI is InChI=1S/C51H34O/c1-51(2)43-28-26-40-39(27-29-46-50(40)42-18-10-11-19-45(42)52-46)49(43)41-25-24-34(30-44(41)51)31-20-22-33(23-21-31)48-37-16-8-6-14-35(37)47(32-12-4-3-5-13-32)36-15-7-9-17-38(36)48/h3-30H,1-2H3. The van der Waals surface area contributed by atoms with E-state index in [-0.39, 0.29) is 5.41 Å². The van der Waals surface area contributed by atoms with Gasteiger partial charge in [-0.05, 0) is 112 Å². The summed E-state index contributed by atoms with van der Waals surface area (Å²) < 4.78 is 6.26. The number of rotatable bonds is 3. The van der Waals surface area contributed by atoms with E-state index in [4.69, 9.17) is 4.42 Å². The number of fused-ring (bicyclic) bond motifs is 11. The summed E-state index contributed by atoms with van der Waals surface area (Å²) in [5, 5.41) is 10.0. The van der Waals surface area contributed by atoms with Crippen molar-refractivity contribution in [2.24, 2.45) is 0 Å². The lowest BCUT2D eigenvalue weighted by Crippen LogP contribution is -2.15. The molecule has 0 saturated carbocycles. The van der Waals surface area contributed by atoms with Crippen molar-refractivity contribution in [1.29, 1.82) is 0 Å². The molecular weight excluding hydrogens is 629 g/mol. The molecule has 0 saturated heterocycles. The fraction of sp³-hybridized carbons (Fsp3) is 0.0588. The Morgan fingerprint density at radius 1 is 0.346 bits per heavy atom. The average Bonchev–Trinajstić information content (AvgIpc) is 3.69. The van der Waals surface area contributed by atoms with Crippen molar-refractivity contribution in [1.82, 2.24) is 0 Å². The van der Waals surface area contributed by atoms with Gasteiger partial charge in [-0.15, -0.1) is 0 Å². The molecule has 52 heavy (non-hydrogen) atoms. The van der Waals surface area contributed by atoms with Crippen LogP contribution < -0.4 is 0 Å². The second-order valence-corrected chi connectivity index (χ2v) is 14.8. The quantitative estimate of drug-likeness (QED) is 0.172. The second-order valence-electron chi connectivity index (χ2n) is 14.8. The number of benzene rings is 9. The maximum atomic E-state index is 6.26. The predicted molar refractivity (Wildman–Crippen MR) is 220 cm³/mol. The molecule has 1 aromatic heterocycles. The lowest BCUT2D eigenvalue weighted by Gasteiger charge is -2.22. The van der Waals surface area contributed by atoms with E-state index >= 15 is 0 Å². The van der Waals surface area contributed by atoms with Gasteiger partial charge in [-0.3, -0.25) is 0 Å². The zero-order valence-corrected chi connectivity index (χ0v) is 29.1. The zero-order valence-electron chi connectivity index (χ0n) is 29.1. The summed E-state index contributed by atoms with van der Waals surface area (Å²) in [7, 11) is 0. The Labute approximate surface area is 302 Å². The van der Waals surface area contributed by atoms with Crippen LogP contribution in [0.3, 0.4) is 0 Å². The van der Waals surface area contributed by atoms with Crippen molar-refractivity contribution in [3.05, 3.63) is 181 Å². The highest BCUT2D eigenvalue weighted by molar-refractivity contribution is 6.23. The van der Waals surface area contributed by atoms with Gasteiger partial charge in [0.15, 0.2) is 0 Å². The molecule has 0 radical (unpaired) electrons. The smallest absolute Gasteiger partial charge is 0.136 e. The first-order valence-electron chi connectivity index (χ1n) is 18.2. The molecule has 0 spiro atoms. The van der Waals surface area contributed by atoms with Crippen LogP contribution in [0.15, 0.2) is 174 Å². The van der Waals surface area contributed by atoms with E-state index in [0.717, 1.165) is 11.2 Å². The average molecular weight is 663 g/mol. The van der Waals surface area contributed by atoms with Crippen molar-refractivity contribution < 1.29 is 4.42 Å². The summed E-state index contributed by atoms with van der Waals surface area (Å²) in [5.74, 6) is 0. The predicted octanol–water partition coefficient (Wildman–Crippen LogP) is 14.4. The number of hydrogen-bond acceptors (Lipinski definition) is 1. The molecule has 0 fully saturated rings. The highest BCUT2D eigenvalue weighted by atomic mass is 16.3. The molecule has 0 N–H and O–H groups in total. The van der Waals surface area contributed by atoms with Gasteiger partial charge in [0.2, 0.25) is 0 Å². The molecule has 1 nitrogen and oxygen atoms in total. The first kappa shape index (κ1) is 29.3. The molecule has 0 atom stereocenters.